The molecule has 0 saturated carbocycles. The number of para-hydroxylation sites is 1. The molecular formula is C19H23IN6O2. The molecule has 1 atom stereocenters. The lowest BCUT2D eigenvalue weighted by Crippen LogP contribution is -2.41. The zero-order chi connectivity index (χ0) is 18.5. The number of halogens is 1. The Balaban J connectivity index is 0.00000225. The molecule has 0 spiro atoms. The van der Waals surface area contributed by atoms with Gasteiger partial charge < -0.3 is 19.8 Å². The minimum atomic E-state index is 0. The molecule has 1 aromatic carbocycles. The number of nitrogens with one attached hydrogen (secondary N) is 3. The molecule has 0 bridgehead atoms. The lowest BCUT2D eigenvalue weighted by Gasteiger charge is -2.28. The molecule has 0 saturated heterocycles. The van der Waals surface area contributed by atoms with E-state index in [2.05, 4.69) is 36.9 Å². The van der Waals surface area contributed by atoms with Gasteiger partial charge in [-0.3, -0.25) is 10.1 Å². The van der Waals surface area contributed by atoms with Gasteiger partial charge in [-0.05, 0) is 18.2 Å². The van der Waals surface area contributed by atoms with Gasteiger partial charge in [0.05, 0.1) is 18.9 Å². The van der Waals surface area contributed by atoms with Gasteiger partial charge in [-0.2, -0.15) is 5.10 Å². The summed E-state index contributed by atoms with van der Waals surface area (Å²) in [5.74, 6) is 3.70. The number of hydrogen-bond donors (Lipinski definition) is 3. The first-order valence-corrected chi connectivity index (χ1v) is 8.97. The molecule has 3 heterocycles. The summed E-state index contributed by atoms with van der Waals surface area (Å²) in [5, 5.41) is 13.9. The molecule has 0 fully saturated rings. The van der Waals surface area contributed by atoms with Gasteiger partial charge in [0.25, 0.3) is 0 Å². The van der Waals surface area contributed by atoms with Gasteiger partial charge in [-0.15, -0.1) is 24.0 Å². The Morgan fingerprint density at radius 1 is 1.29 bits per heavy atom. The second-order valence-electron chi connectivity index (χ2n) is 6.20. The van der Waals surface area contributed by atoms with E-state index >= 15 is 0 Å². The zero-order valence-corrected chi connectivity index (χ0v) is 17.8. The average molecular weight is 494 g/mol. The van der Waals surface area contributed by atoms with Crippen molar-refractivity contribution in [2.75, 3.05) is 20.2 Å². The maximum atomic E-state index is 5.71. The summed E-state index contributed by atoms with van der Waals surface area (Å²) in [4.78, 5) is 8.77. The minimum Gasteiger partial charge on any atom is -0.493 e. The topological polar surface area (TPSA) is 100 Å². The number of benzene rings is 1. The van der Waals surface area contributed by atoms with Crippen LogP contribution in [-0.4, -0.2) is 41.3 Å². The molecule has 3 N–H and O–H groups in total. The Morgan fingerprint density at radius 3 is 3.00 bits per heavy atom. The van der Waals surface area contributed by atoms with Crippen molar-refractivity contribution in [3.8, 4) is 17.3 Å². The number of aliphatic imine (C=N–C) groups is 1. The Hall–Kier alpha value is -2.56. The van der Waals surface area contributed by atoms with Crippen LogP contribution in [0.4, 0.5) is 0 Å². The number of H-pyrrole nitrogens is 1. The first-order chi connectivity index (χ1) is 13.3. The van der Waals surface area contributed by atoms with Crippen molar-refractivity contribution in [1.29, 1.82) is 0 Å². The number of hydrogen-bond acceptors (Lipinski definition) is 5. The molecule has 4 rings (SSSR count). The van der Waals surface area contributed by atoms with Gasteiger partial charge in [0, 0.05) is 32.0 Å². The van der Waals surface area contributed by atoms with Crippen molar-refractivity contribution >= 4 is 29.9 Å². The molecule has 0 aliphatic carbocycles. The van der Waals surface area contributed by atoms with E-state index in [1.807, 2.05) is 30.3 Å². The van der Waals surface area contributed by atoms with Crippen LogP contribution in [0.2, 0.25) is 0 Å². The SMILES string of the molecule is CN=C(NCCc1nc(-c2ccco2)n[nH]1)NC1CCOc2ccccc21.I. The van der Waals surface area contributed by atoms with Crippen LogP contribution in [0.15, 0.2) is 52.1 Å². The highest BCUT2D eigenvalue weighted by atomic mass is 127. The number of ether oxygens (including phenoxy) is 1. The zero-order valence-electron chi connectivity index (χ0n) is 15.5. The van der Waals surface area contributed by atoms with Crippen LogP contribution in [0, 0.1) is 0 Å². The van der Waals surface area contributed by atoms with Crippen molar-refractivity contribution in [3.63, 3.8) is 0 Å². The summed E-state index contributed by atoms with van der Waals surface area (Å²) >= 11 is 0. The summed E-state index contributed by atoms with van der Waals surface area (Å²) in [6.07, 6.45) is 3.20. The summed E-state index contributed by atoms with van der Waals surface area (Å²) < 4.78 is 11.0. The van der Waals surface area contributed by atoms with Crippen molar-refractivity contribution < 1.29 is 9.15 Å². The van der Waals surface area contributed by atoms with Crippen LogP contribution in [-0.2, 0) is 6.42 Å². The number of furan rings is 1. The summed E-state index contributed by atoms with van der Waals surface area (Å²) in [7, 11) is 1.77. The number of aromatic nitrogens is 3. The summed E-state index contributed by atoms with van der Waals surface area (Å²) in [6.45, 7) is 1.37. The van der Waals surface area contributed by atoms with Crippen LogP contribution >= 0.6 is 24.0 Å². The molecule has 28 heavy (non-hydrogen) atoms. The fourth-order valence-corrected chi connectivity index (χ4v) is 3.07. The monoisotopic (exact) mass is 494 g/mol. The van der Waals surface area contributed by atoms with Crippen LogP contribution in [0.1, 0.15) is 23.9 Å². The standard InChI is InChI=1S/C19H22N6O2.HI/c1-20-19(22-14-9-12-27-15-6-3-2-5-13(14)15)21-10-8-17-23-18(25-24-17)16-7-4-11-26-16;/h2-7,11,14H,8-10,12H2,1H3,(H2,20,21,22)(H,23,24,25);1H. The fourth-order valence-electron chi connectivity index (χ4n) is 3.07. The highest BCUT2D eigenvalue weighted by molar-refractivity contribution is 14.0. The molecule has 1 aliphatic rings. The molecule has 9 heteroatoms. The summed E-state index contributed by atoms with van der Waals surface area (Å²) in [6, 6.07) is 11.9. The molecular weight excluding hydrogens is 471 g/mol. The quantitative estimate of drug-likeness (QED) is 0.287. The molecule has 1 unspecified atom stereocenters. The van der Waals surface area contributed by atoms with E-state index in [0.29, 0.717) is 31.2 Å². The second kappa shape index (κ2) is 9.58. The number of guanidine groups is 1. The number of aromatic amines is 1. The van der Waals surface area contributed by atoms with Crippen LogP contribution in [0.25, 0.3) is 11.6 Å². The van der Waals surface area contributed by atoms with Crippen molar-refractivity contribution in [2.45, 2.75) is 18.9 Å². The van der Waals surface area contributed by atoms with Crippen LogP contribution in [0.3, 0.4) is 0 Å². The molecule has 1 aliphatic heterocycles. The van der Waals surface area contributed by atoms with E-state index in [0.717, 1.165) is 29.5 Å². The van der Waals surface area contributed by atoms with Crippen LogP contribution < -0.4 is 15.4 Å². The predicted molar refractivity (Wildman–Crippen MR) is 117 cm³/mol. The highest BCUT2D eigenvalue weighted by Crippen LogP contribution is 2.31. The second-order valence-corrected chi connectivity index (χ2v) is 6.20. The largest absolute Gasteiger partial charge is 0.493 e. The normalized spacial score (nSPS) is 15.9. The van der Waals surface area contributed by atoms with E-state index < -0.39 is 0 Å². The maximum absolute atomic E-state index is 5.71. The first kappa shape index (κ1) is 20.2. The lowest BCUT2D eigenvalue weighted by atomic mass is 10.0. The Bertz CT molecular complexity index is 909. The number of fused-ring (bicyclic) bond motifs is 1. The number of rotatable bonds is 5. The number of nitrogens with zero attached hydrogens (tertiary/aromatic N) is 3. The Kier molecular flexibility index (Phi) is 6.90. The smallest absolute Gasteiger partial charge is 0.216 e. The molecule has 0 radical (unpaired) electrons. The van der Waals surface area contributed by atoms with Crippen molar-refractivity contribution in [3.05, 3.63) is 54.0 Å². The van der Waals surface area contributed by atoms with E-state index in [9.17, 15) is 0 Å². The van der Waals surface area contributed by atoms with Gasteiger partial charge in [0.2, 0.25) is 5.82 Å². The predicted octanol–water partition coefficient (Wildman–Crippen LogP) is 2.91. The lowest BCUT2D eigenvalue weighted by molar-refractivity contribution is 0.261. The molecule has 148 valence electrons. The first-order valence-electron chi connectivity index (χ1n) is 8.97. The average Bonchev–Trinajstić information content (AvgIpc) is 3.39. The third-order valence-electron chi connectivity index (χ3n) is 4.42. The van der Waals surface area contributed by atoms with E-state index in [1.54, 1.807) is 13.3 Å². The Labute approximate surface area is 180 Å². The van der Waals surface area contributed by atoms with Gasteiger partial charge in [-0.25, -0.2) is 4.98 Å². The van der Waals surface area contributed by atoms with Crippen molar-refractivity contribution in [1.82, 2.24) is 25.8 Å². The van der Waals surface area contributed by atoms with Gasteiger partial charge in [-0.1, -0.05) is 18.2 Å². The van der Waals surface area contributed by atoms with E-state index in [-0.39, 0.29) is 30.0 Å². The van der Waals surface area contributed by atoms with Gasteiger partial charge >= 0.3 is 0 Å². The molecule has 0 amide bonds. The Morgan fingerprint density at radius 2 is 2.18 bits per heavy atom. The molecule has 2 aromatic heterocycles. The van der Waals surface area contributed by atoms with Crippen LogP contribution in [0.5, 0.6) is 5.75 Å². The molecule has 3 aromatic rings. The maximum Gasteiger partial charge on any atom is 0.216 e. The fraction of sp³-hybridized carbons (Fsp3) is 0.316. The van der Waals surface area contributed by atoms with E-state index in [4.69, 9.17) is 9.15 Å². The highest BCUT2D eigenvalue weighted by Gasteiger charge is 2.21. The van der Waals surface area contributed by atoms with Gasteiger partial charge in [0.1, 0.15) is 11.6 Å². The van der Waals surface area contributed by atoms with Gasteiger partial charge in [0.15, 0.2) is 11.7 Å². The van der Waals surface area contributed by atoms with E-state index in [1.165, 1.54) is 0 Å². The minimum absolute atomic E-state index is 0. The van der Waals surface area contributed by atoms with Crippen molar-refractivity contribution in [2.24, 2.45) is 4.99 Å². The third-order valence-corrected chi connectivity index (χ3v) is 4.42. The third kappa shape index (κ3) is 4.64. The molecule has 8 nitrogen and oxygen atoms in total. The summed E-state index contributed by atoms with van der Waals surface area (Å²) in [5.41, 5.74) is 1.16.